The Morgan fingerprint density at radius 2 is 2.12 bits per heavy atom. The molecule has 2 saturated carbocycles. The van der Waals surface area contributed by atoms with E-state index in [-0.39, 0.29) is 5.54 Å². The fraction of sp³-hybridized carbons (Fsp3) is 0.500. The van der Waals surface area contributed by atoms with Gasteiger partial charge >= 0.3 is 0 Å². The molecular formula is C14H17NO. The first kappa shape index (κ1) is 10.0. The standard InChI is InChI=1S/C14H17NO/c16-13-8-12-6-7-14(13,9-12)15-10-11-4-2-1-3-5-11/h1-5,12,15H,6-10H2. The van der Waals surface area contributed by atoms with Crippen LogP contribution in [0.2, 0.25) is 0 Å². The third kappa shape index (κ3) is 1.57. The maximum absolute atomic E-state index is 11.9. The smallest absolute Gasteiger partial charge is 0.153 e. The molecule has 0 amide bonds. The van der Waals surface area contributed by atoms with Gasteiger partial charge in [-0.2, -0.15) is 0 Å². The summed E-state index contributed by atoms with van der Waals surface area (Å²) < 4.78 is 0. The maximum atomic E-state index is 11.9. The fourth-order valence-corrected chi connectivity index (χ4v) is 3.16. The third-order valence-electron chi connectivity index (χ3n) is 4.10. The van der Waals surface area contributed by atoms with Gasteiger partial charge in [0.2, 0.25) is 0 Å². The molecule has 2 bridgehead atoms. The summed E-state index contributed by atoms with van der Waals surface area (Å²) in [5, 5.41) is 3.50. The van der Waals surface area contributed by atoms with Gasteiger partial charge < -0.3 is 5.32 Å². The zero-order valence-corrected chi connectivity index (χ0v) is 9.41. The van der Waals surface area contributed by atoms with Crippen LogP contribution >= 0.6 is 0 Å². The summed E-state index contributed by atoms with van der Waals surface area (Å²) in [4.78, 5) is 11.9. The highest BCUT2D eigenvalue weighted by molar-refractivity contribution is 5.91. The minimum absolute atomic E-state index is 0.166. The first-order chi connectivity index (χ1) is 7.78. The van der Waals surface area contributed by atoms with Gasteiger partial charge in [0.1, 0.15) is 0 Å². The number of fused-ring (bicyclic) bond motifs is 2. The largest absolute Gasteiger partial charge is 0.301 e. The number of hydrogen-bond acceptors (Lipinski definition) is 2. The van der Waals surface area contributed by atoms with Crippen molar-refractivity contribution in [3.8, 4) is 0 Å². The highest BCUT2D eigenvalue weighted by atomic mass is 16.1. The first-order valence-electron chi connectivity index (χ1n) is 6.11. The molecule has 0 spiro atoms. The number of benzene rings is 1. The second kappa shape index (κ2) is 3.70. The molecule has 0 aliphatic heterocycles. The van der Waals surface area contributed by atoms with Crippen LogP contribution in [0.15, 0.2) is 30.3 Å². The van der Waals surface area contributed by atoms with E-state index >= 15 is 0 Å². The van der Waals surface area contributed by atoms with Gasteiger partial charge in [0.25, 0.3) is 0 Å². The summed E-state index contributed by atoms with van der Waals surface area (Å²) in [6, 6.07) is 10.3. The molecule has 1 N–H and O–H groups in total. The molecule has 2 fully saturated rings. The van der Waals surface area contributed by atoms with E-state index in [4.69, 9.17) is 0 Å². The van der Waals surface area contributed by atoms with E-state index in [1.807, 2.05) is 18.2 Å². The van der Waals surface area contributed by atoms with Gasteiger partial charge in [0, 0.05) is 13.0 Å². The SMILES string of the molecule is O=C1CC2CCC1(NCc1ccccc1)C2. The molecule has 0 aromatic heterocycles. The third-order valence-corrected chi connectivity index (χ3v) is 4.10. The molecule has 1 aromatic rings. The molecule has 1 aromatic carbocycles. The molecule has 16 heavy (non-hydrogen) atoms. The van der Waals surface area contributed by atoms with Crippen LogP contribution in [0.25, 0.3) is 0 Å². The molecule has 2 nitrogen and oxygen atoms in total. The summed E-state index contributed by atoms with van der Waals surface area (Å²) in [6.07, 6.45) is 4.15. The van der Waals surface area contributed by atoms with Gasteiger partial charge in [0.15, 0.2) is 5.78 Å². The summed E-state index contributed by atoms with van der Waals surface area (Å²) in [7, 11) is 0. The minimum atomic E-state index is -0.166. The number of carbonyl (C=O) groups excluding carboxylic acids is 1. The predicted molar refractivity (Wildman–Crippen MR) is 63.0 cm³/mol. The molecule has 0 radical (unpaired) electrons. The van der Waals surface area contributed by atoms with Crippen molar-refractivity contribution in [1.29, 1.82) is 0 Å². The molecule has 2 unspecified atom stereocenters. The van der Waals surface area contributed by atoms with E-state index in [9.17, 15) is 4.79 Å². The molecule has 2 aliphatic rings. The molecule has 2 aliphatic carbocycles. The van der Waals surface area contributed by atoms with Crippen molar-refractivity contribution in [1.82, 2.24) is 5.32 Å². The van der Waals surface area contributed by atoms with Crippen LogP contribution in [-0.4, -0.2) is 11.3 Å². The summed E-state index contributed by atoms with van der Waals surface area (Å²) >= 11 is 0. The highest BCUT2D eigenvalue weighted by Crippen LogP contribution is 2.45. The Morgan fingerprint density at radius 3 is 2.75 bits per heavy atom. The van der Waals surface area contributed by atoms with Crippen LogP contribution in [-0.2, 0) is 11.3 Å². The van der Waals surface area contributed by atoms with Gasteiger partial charge in [-0.15, -0.1) is 0 Å². The van der Waals surface area contributed by atoms with Crippen molar-refractivity contribution in [2.75, 3.05) is 0 Å². The Kier molecular flexibility index (Phi) is 2.32. The van der Waals surface area contributed by atoms with Gasteiger partial charge in [-0.3, -0.25) is 4.79 Å². The van der Waals surface area contributed by atoms with Crippen molar-refractivity contribution in [2.24, 2.45) is 5.92 Å². The summed E-state index contributed by atoms with van der Waals surface area (Å²) in [5.41, 5.74) is 1.10. The number of carbonyl (C=O) groups is 1. The van der Waals surface area contributed by atoms with Crippen molar-refractivity contribution >= 4 is 5.78 Å². The monoisotopic (exact) mass is 215 g/mol. The lowest BCUT2D eigenvalue weighted by atomic mass is 9.92. The van der Waals surface area contributed by atoms with Crippen LogP contribution in [0, 0.1) is 5.92 Å². The van der Waals surface area contributed by atoms with Gasteiger partial charge in [-0.05, 0) is 30.7 Å². The predicted octanol–water partition coefficient (Wildman–Crippen LogP) is 2.29. The Hall–Kier alpha value is -1.15. The number of hydrogen-bond donors (Lipinski definition) is 1. The Morgan fingerprint density at radius 1 is 1.31 bits per heavy atom. The van der Waals surface area contributed by atoms with E-state index in [1.165, 1.54) is 12.0 Å². The number of rotatable bonds is 3. The number of nitrogens with one attached hydrogen (secondary N) is 1. The molecular weight excluding hydrogens is 198 g/mol. The second-order valence-corrected chi connectivity index (χ2v) is 5.16. The van der Waals surface area contributed by atoms with Gasteiger partial charge in [-0.1, -0.05) is 30.3 Å². The highest BCUT2D eigenvalue weighted by Gasteiger charge is 2.51. The van der Waals surface area contributed by atoms with Crippen molar-refractivity contribution < 1.29 is 4.79 Å². The Bertz CT molecular complexity index is 400. The normalized spacial score (nSPS) is 32.2. The van der Waals surface area contributed by atoms with Crippen LogP contribution in [0.3, 0.4) is 0 Å². The lowest BCUT2D eigenvalue weighted by Gasteiger charge is -2.26. The van der Waals surface area contributed by atoms with Crippen molar-refractivity contribution in [2.45, 2.75) is 37.8 Å². The molecule has 2 atom stereocenters. The average molecular weight is 215 g/mol. The lowest BCUT2D eigenvalue weighted by Crippen LogP contribution is -2.47. The zero-order valence-electron chi connectivity index (χ0n) is 9.41. The quantitative estimate of drug-likeness (QED) is 0.838. The van der Waals surface area contributed by atoms with E-state index in [0.29, 0.717) is 11.7 Å². The van der Waals surface area contributed by atoms with Crippen molar-refractivity contribution in [3.05, 3.63) is 35.9 Å². The number of Topliss-reactive ketones (excluding diaryl/α,β-unsaturated/α-hetero) is 1. The zero-order chi connectivity index (χ0) is 11.0. The van der Waals surface area contributed by atoms with Crippen LogP contribution in [0.5, 0.6) is 0 Å². The topological polar surface area (TPSA) is 29.1 Å². The Labute approximate surface area is 96.1 Å². The van der Waals surface area contributed by atoms with Crippen LogP contribution < -0.4 is 5.32 Å². The van der Waals surface area contributed by atoms with Gasteiger partial charge in [0.05, 0.1) is 5.54 Å². The average Bonchev–Trinajstić information content (AvgIpc) is 2.85. The van der Waals surface area contributed by atoms with Crippen molar-refractivity contribution in [3.63, 3.8) is 0 Å². The van der Waals surface area contributed by atoms with E-state index in [1.54, 1.807) is 0 Å². The van der Waals surface area contributed by atoms with E-state index in [2.05, 4.69) is 17.4 Å². The lowest BCUT2D eigenvalue weighted by molar-refractivity contribution is -0.124. The van der Waals surface area contributed by atoms with Gasteiger partial charge in [-0.25, -0.2) is 0 Å². The van der Waals surface area contributed by atoms with E-state index in [0.717, 1.165) is 25.8 Å². The number of ketones is 1. The summed E-state index contributed by atoms with van der Waals surface area (Å²) in [5.74, 6) is 1.11. The molecule has 2 heteroatoms. The molecule has 0 saturated heterocycles. The first-order valence-corrected chi connectivity index (χ1v) is 6.11. The fourth-order valence-electron chi connectivity index (χ4n) is 3.16. The molecule has 84 valence electrons. The molecule has 3 rings (SSSR count). The van der Waals surface area contributed by atoms with Crippen LogP contribution in [0.1, 0.15) is 31.2 Å². The maximum Gasteiger partial charge on any atom is 0.153 e. The van der Waals surface area contributed by atoms with E-state index < -0.39 is 0 Å². The molecule has 0 heterocycles. The Balaban J connectivity index is 1.69. The van der Waals surface area contributed by atoms with Crippen LogP contribution in [0.4, 0.5) is 0 Å². The minimum Gasteiger partial charge on any atom is -0.301 e. The second-order valence-electron chi connectivity index (χ2n) is 5.16. The summed E-state index contributed by atoms with van der Waals surface area (Å²) in [6.45, 7) is 0.819.